The van der Waals surface area contributed by atoms with E-state index >= 15 is 0 Å². The number of benzene rings is 8. The fraction of sp³-hybridized carbons (Fsp3) is 0.0588. The highest BCUT2D eigenvalue weighted by atomic mass is 28.3. The molecular formula is C51H43NSi. The Bertz CT molecular complexity index is 2070. The third-order valence-corrected chi connectivity index (χ3v) is 14.7. The third-order valence-electron chi connectivity index (χ3n) is 10.4. The molecule has 0 aromatic heterocycles. The first kappa shape index (κ1) is 33.9. The van der Waals surface area contributed by atoms with Gasteiger partial charge in [0, 0.05) is 17.5 Å². The zero-order chi connectivity index (χ0) is 35.9. The summed E-state index contributed by atoms with van der Waals surface area (Å²) in [5, 5.41) is 3.92. The second-order valence-electron chi connectivity index (χ2n) is 13.8. The van der Waals surface area contributed by atoms with E-state index in [0.29, 0.717) is 0 Å². The molecule has 8 rings (SSSR count). The maximum Gasteiger partial charge on any atom is 0.250 e. The molecule has 0 unspecified atom stereocenters. The van der Waals surface area contributed by atoms with E-state index in [1.807, 2.05) is 0 Å². The summed E-state index contributed by atoms with van der Waals surface area (Å²) in [7, 11) is -2.99. The van der Waals surface area contributed by atoms with Crippen LogP contribution in [0.5, 0.6) is 0 Å². The Morgan fingerprint density at radius 1 is 0.340 bits per heavy atom. The number of aryl methyl sites for hydroxylation is 1. The van der Waals surface area contributed by atoms with E-state index in [2.05, 4.69) is 236 Å². The normalized spacial score (nSPS) is 11.5. The average Bonchev–Trinajstić information content (AvgIpc) is 3.23. The highest BCUT2D eigenvalue weighted by molar-refractivity contribution is 7.13. The van der Waals surface area contributed by atoms with Crippen molar-refractivity contribution in [1.82, 2.24) is 0 Å². The molecule has 53 heavy (non-hydrogen) atoms. The minimum absolute atomic E-state index is 0.0141. The van der Waals surface area contributed by atoms with Gasteiger partial charge in [-0.15, -0.1) is 0 Å². The van der Waals surface area contributed by atoms with Crippen LogP contribution in [0.4, 0.5) is 5.69 Å². The minimum atomic E-state index is -2.99. The molecule has 0 heterocycles. The Kier molecular flexibility index (Phi) is 9.96. The van der Waals surface area contributed by atoms with E-state index in [9.17, 15) is 0 Å². The van der Waals surface area contributed by atoms with Crippen molar-refractivity contribution in [3.8, 4) is 0 Å². The quantitative estimate of drug-likeness (QED) is 0.105. The molecule has 0 aliphatic carbocycles. The predicted molar refractivity (Wildman–Crippen MR) is 226 cm³/mol. The number of nitrogens with one attached hydrogen (secondary N) is 1. The largest absolute Gasteiger partial charge is 0.399 e. The molecule has 8 aromatic carbocycles. The number of hydrogen-bond donors (Lipinski definition) is 1. The molecule has 1 N–H and O–H groups in total. The lowest BCUT2D eigenvalue weighted by molar-refractivity contribution is 0.940. The van der Waals surface area contributed by atoms with Crippen LogP contribution in [0.25, 0.3) is 0 Å². The van der Waals surface area contributed by atoms with Gasteiger partial charge in [0.05, 0.1) is 0 Å². The molecule has 8 aromatic rings. The first-order valence-electron chi connectivity index (χ1n) is 18.5. The van der Waals surface area contributed by atoms with Gasteiger partial charge in [0.25, 0.3) is 8.24 Å². The first-order valence-corrected chi connectivity index (χ1v) is 20.5. The van der Waals surface area contributed by atoms with Gasteiger partial charge in [0.1, 0.15) is 0 Å². The number of anilines is 1. The van der Waals surface area contributed by atoms with Crippen molar-refractivity contribution in [3.05, 3.63) is 263 Å². The van der Waals surface area contributed by atoms with E-state index in [0.717, 1.165) is 0 Å². The van der Waals surface area contributed by atoms with Gasteiger partial charge in [-0.1, -0.05) is 230 Å². The molecule has 256 valence electrons. The van der Waals surface area contributed by atoms with Crippen molar-refractivity contribution < 1.29 is 0 Å². The average molecular weight is 698 g/mol. The van der Waals surface area contributed by atoms with Crippen LogP contribution in [-0.4, -0.2) is 8.24 Å². The maximum absolute atomic E-state index is 4.58. The summed E-state index contributed by atoms with van der Waals surface area (Å²) in [5.41, 5.74) is 10.0. The lowest BCUT2D eigenvalue weighted by Gasteiger charge is -2.38. The van der Waals surface area contributed by atoms with Crippen molar-refractivity contribution in [1.29, 1.82) is 0 Å². The molecule has 0 saturated carbocycles. The lowest BCUT2D eigenvalue weighted by Crippen LogP contribution is -2.73. The Hall–Kier alpha value is -6.22. The number of hydrogen-bond acceptors (Lipinski definition) is 1. The molecule has 0 aliphatic heterocycles. The number of rotatable bonds is 11. The summed E-state index contributed by atoms with van der Waals surface area (Å²) < 4.78 is 0. The highest BCUT2D eigenvalue weighted by Gasteiger charge is 2.42. The molecule has 0 spiro atoms. The molecule has 1 nitrogen and oxygen atoms in total. The van der Waals surface area contributed by atoms with Crippen molar-refractivity contribution in [3.63, 3.8) is 0 Å². The topological polar surface area (TPSA) is 12.0 Å². The maximum atomic E-state index is 4.58. The fourth-order valence-corrected chi connectivity index (χ4v) is 12.3. The molecular weight excluding hydrogens is 655 g/mol. The van der Waals surface area contributed by atoms with Crippen LogP contribution < -0.4 is 20.5 Å². The summed E-state index contributed by atoms with van der Waals surface area (Å²) >= 11 is 0. The van der Waals surface area contributed by atoms with Gasteiger partial charge < -0.3 is 4.98 Å². The SMILES string of the molecule is Cc1cc(C(c2ccccc2)c2ccccc2)c(N[Si](c2ccccc2)(c2ccccc2)c2ccccc2)c(C(c2ccccc2)c2ccccc2)c1. The summed E-state index contributed by atoms with van der Waals surface area (Å²) in [5.74, 6) is -0.0282. The van der Waals surface area contributed by atoms with E-state index in [4.69, 9.17) is 0 Å². The van der Waals surface area contributed by atoms with Crippen LogP contribution in [0.1, 0.15) is 50.8 Å². The van der Waals surface area contributed by atoms with E-state index in [1.165, 1.54) is 60.2 Å². The third kappa shape index (κ3) is 6.90. The van der Waals surface area contributed by atoms with Crippen molar-refractivity contribution in [2.45, 2.75) is 18.8 Å². The van der Waals surface area contributed by atoms with Crippen LogP contribution in [-0.2, 0) is 0 Å². The molecule has 0 saturated heterocycles. The summed E-state index contributed by atoms with van der Waals surface area (Å²) in [4.78, 5) is 4.58. The Morgan fingerprint density at radius 3 is 0.849 bits per heavy atom. The Balaban J connectivity index is 1.51. The summed E-state index contributed by atoms with van der Waals surface area (Å²) in [6.07, 6.45) is 0. The highest BCUT2D eigenvalue weighted by Crippen LogP contribution is 2.44. The summed E-state index contributed by atoms with van der Waals surface area (Å²) in [6.45, 7) is 2.26. The lowest BCUT2D eigenvalue weighted by atomic mass is 9.78. The minimum Gasteiger partial charge on any atom is -0.399 e. The Morgan fingerprint density at radius 2 is 0.585 bits per heavy atom. The molecule has 0 fully saturated rings. The van der Waals surface area contributed by atoms with E-state index in [1.54, 1.807) is 0 Å². The van der Waals surface area contributed by atoms with Gasteiger partial charge in [0.2, 0.25) is 0 Å². The molecule has 0 aliphatic rings. The molecule has 0 atom stereocenters. The smallest absolute Gasteiger partial charge is 0.250 e. The molecule has 2 heteroatoms. The van der Waals surface area contributed by atoms with Gasteiger partial charge in [-0.05, 0) is 55.9 Å². The van der Waals surface area contributed by atoms with Crippen LogP contribution in [0, 0.1) is 6.92 Å². The second-order valence-corrected chi connectivity index (χ2v) is 17.3. The van der Waals surface area contributed by atoms with E-state index in [-0.39, 0.29) is 11.8 Å². The van der Waals surface area contributed by atoms with E-state index < -0.39 is 8.24 Å². The van der Waals surface area contributed by atoms with Gasteiger partial charge in [0.15, 0.2) is 0 Å². The fourth-order valence-electron chi connectivity index (χ4n) is 8.10. The van der Waals surface area contributed by atoms with Gasteiger partial charge in [-0.25, -0.2) is 0 Å². The molecule has 0 bridgehead atoms. The van der Waals surface area contributed by atoms with Gasteiger partial charge in [-0.3, -0.25) is 0 Å². The van der Waals surface area contributed by atoms with Gasteiger partial charge in [-0.2, -0.15) is 0 Å². The Labute approximate surface area is 315 Å². The van der Waals surface area contributed by atoms with Crippen LogP contribution in [0.15, 0.2) is 224 Å². The first-order chi connectivity index (χ1) is 26.2. The van der Waals surface area contributed by atoms with Crippen LogP contribution in [0.3, 0.4) is 0 Å². The molecule has 0 amide bonds. The monoisotopic (exact) mass is 697 g/mol. The van der Waals surface area contributed by atoms with Gasteiger partial charge >= 0.3 is 0 Å². The van der Waals surface area contributed by atoms with Crippen LogP contribution in [0.2, 0.25) is 0 Å². The van der Waals surface area contributed by atoms with Crippen molar-refractivity contribution >= 4 is 29.5 Å². The zero-order valence-corrected chi connectivity index (χ0v) is 31.0. The van der Waals surface area contributed by atoms with Crippen LogP contribution >= 0.6 is 0 Å². The zero-order valence-electron chi connectivity index (χ0n) is 30.0. The van der Waals surface area contributed by atoms with Crippen molar-refractivity contribution in [2.75, 3.05) is 4.98 Å². The standard InChI is InChI=1S/C51H43NSi/c1-39-37-47(49(40-23-9-2-10-24-40)41-25-11-3-12-26-41)51(48(38-39)50(42-27-13-4-14-28-42)43-29-15-5-16-30-43)52-53(44-31-17-6-18-32-44,45-33-19-7-20-34-45)46-35-21-8-22-36-46/h2-38,49-50,52H,1H3. The summed E-state index contributed by atoms with van der Waals surface area (Å²) in [6, 6.07) is 82.4. The predicted octanol–water partition coefficient (Wildman–Crippen LogP) is 10.4. The molecule has 0 radical (unpaired) electrons. The van der Waals surface area contributed by atoms with Crippen molar-refractivity contribution in [2.24, 2.45) is 0 Å². The second kappa shape index (κ2) is 15.6.